The summed E-state index contributed by atoms with van der Waals surface area (Å²) in [5, 5.41) is 12.2. The Morgan fingerprint density at radius 3 is 2.53 bits per heavy atom. The van der Waals surface area contributed by atoms with Crippen molar-refractivity contribution in [1.29, 1.82) is 0 Å². The van der Waals surface area contributed by atoms with Gasteiger partial charge in [-0.25, -0.2) is 0 Å². The van der Waals surface area contributed by atoms with Crippen molar-refractivity contribution in [1.82, 2.24) is 5.32 Å². The molecule has 17 heavy (non-hydrogen) atoms. The lowest BCUT2D eigenvalue weighted by Crippen LogP contribution is -2.37. The Kier molecular flexibility index (Phi) is 6.56. The number of nitrogens with one attached hydrogen (secondary N) is 1. The average Bonchev–Trinajstić information content (AvgIpc) is 2.30. The van der Waals surface area contributed by atoms with Crippen LogP contribution in [-0.4, -0.2) is 23.7 Å². The van der Waals surface area contributed by atoms with Gasteiger partial charge in [0.2, 0.25) is 0 Å². The van der Waals surface area contributed by atoms with Gasteiger partial charge >= 0.3 is 5.97 Å². The summed E-state index contributed by atoms with van der Waals surface area (Å²) in [4.78, 5) is 11.0. The lowest BCUT2D eigenvalue weighted by molar-refractivity contribution is -0.139. The lowest BCUT2D eigenvalue weighted by atomic mass is 9.81. The molecule has 100 valence electrons. The highest BCUT2D eigenvalue weighted by molar-refractivity contribution is 5.73. The second-order valence-electron chi connectivity index (χ2n) is 5.55. The van der Waals surface area contributed by atoms with Crippen LogP contribution in [0.5, 0.6) is 0 Å². The molecule has 0 aromatic carbocycles. The van der Waals surface area contributed by atoms with Crippen molar-refractivity contribution in [2.75, 3.05) is 6.54 Å². The van der Waals surface area contributed by atoms with E-state index in [-0.39, 0.29) is 6.04 Å². The van der Waals surface area contributed by atoms with Crippen LogP contribution in [0.4, 0.5) is 0 Å². The fraction of sp³-hybridized carbons (Fsp3) is 0.929. The highest BCUT2D eigenvalue weighted by atomic mass is 16.4. The van der Waals surface area contributed by atoms with E-state index in [4.69, 9.17) is 5.11 Å². The van der Waals surface area contributed by atoms with Crippen molar-refractivity contribution in [3.8, 4) is 0 Å². The van der Waals surface area contributed by atoms with Crippen LogP contribution >= 0.6 is 0 Å². The number of carbonyl (C=O) groups is 1. The molecule has 1 atom stereocenters. The topological polar surface area (TPSA) is 49.3 Å². The van der Waals surface area contributed by atoms with E-state index in [0.717, 1.165) is 37.6 Å². The van der Waals surface area contributed by atoms with E-state index < -0.39 is 5.97 Å². The van der Waals surface area contributed by atoms with Gasteiger partial charge in [0, 0.05) is 0 Å². The Morgan fingerprint density at radius 1 is 1.35 bits per heavy atom. The molecule has 1 unspecified atom stereocenters. The maximum absolute atomic E-state index is 11.0. The first kappa shape index (κ1) is 14.5. The third-order valence-electron chi connectivity index (χ3n) is 3.95. The fourth-order valence-electron chi connectivity index (χ4n) is 2.68. The molecule has 1 saturated carbocycles. The Hall–Kier alpha value is -0.570. The number of hydrogen-bond acceptors (Lipinski definition) is 2. The largest absolute Gasteiger partial charge is 0.480 e. The summed E-state index contributed by atoms with van der Waals surface area (Å²) in [6, 6.07) is -0.345. The van der Waals surface area contributed by atoms with Gasteiger partial charge in [0.1, 0.15) is 6.04 Å². The molecule has 0 radical (unpaired) electrons. The fourth-order valence-corrected chi connectivity index (χ4v) is 2.68. The molecule has 2 N–H and O–H groups in total. The van der Waals surface area contributed by atoms with Gasteiger partial charge in [0.05, 0.1) is 0 Å². The molecule has 0 bridgehead atoms. The molecule has 1 aliphatic carbocycles. The van der Waals surface area contributed by atoms with E-state index in [9.17, 15) is 4.79 Å². The van der Waals surface area contributed by atoms with Gasteiger partial charge in [-0.05, 0) is 31.2 Å². The van der Waals surface area contributed by atoms with E-state index in [1.807, 2.05) is 6.92 Å². The van der Waals surface area contributed by atoms with Gasteiger partial charge in [-0.1, -0.05) is 46.0 Å². The summed E-state index contributed by atoms with van der Waals surface area (Å²) < 4.78 is 0. The van der Waals surface area contributed by atoms with Crippen LogP contribution in [0.1, 0.15) is 58.8 Å². The van der Waals surface area contributed by atoms with Crippen LogP contribution in [0.25, 0.3) is 0 Å². The van der Waals surface area contributed by atoms with Crippen LogP contribution < -0.4 is 5.32 Å². The van der Waals surface area contributed by atoms with Crippen molar-refractivity contribution in [2.45, 2.75) is 64.8 Å². The van der Waals surface area contributed by atoms with Crippen LogP contribution in [0.15, 0.2) is 0 Å². The molecule has 1 rings (SSSR count). The van der Waals surface area contributed by atoms with Crippen molar-refractivity contribution >= 4 is 5.97 Å². The molecular formula is C14H27NO2. The molecule has 0 heterocycles. The summed E-state index contributed by atoms with van der Waals surface area (Å²) in [6.45, 7) is 5.21. The summed E-state index contributed by atoms with van der Waals surface area (Å²) in [5.74, 6) is 1.00. The molecule has 0 saturated heterocycles. The third kappa shape index (κ3) is 5.53. The monoisotopic (exact) mass is 241 g/mol. The maximum Gasteiger partial charge on any atom is 0.320 e. The van der Waals surface area contributed by atoms with Crippen molar-refractivity contribution < 1.29 is 9.90 Å². The number of carboxylic acids is 1. The molecule has 0 aliphatic heterocycles. The predicted octanol–water partition coefficient (Wildman–Crippen LogP) is 3.05. The Labute approximate surface area is 105 Å². The first-order valence-electron chi connectivity index (χ1n) is 7.09. The number of hydrogen-bond donors (Lipinski definition) is 2. The zero-order valence-corrected chi connectivity index (χ0v) is 11.2. The minimum Gasteiger partial charge on any atom is -0.480 e. The Bertz CT molecular complexity index is 222. The summed E-state index contributed by atoms with van der Waals surface area (Å²) in [7, 11) is 0. The smallest absolute Gasteiger partial charge is 0.320 e. The van der Waals surface area contributed by atoms with E-state index in [1.165, 1.54) is 25.7 Å². The molecule has 1 fully saturated rings. The van der Waals surface area contributed by atoms with Crippen LogP contribution in [0.3, 0.4) is 0 Å². The molecule has 0 aromatic heterocycles. The van der Waals surface area contributed by atoms with Gasteiger partial charge < -0.3 is 10.4 Å². The average molecular weight is 241 g/mol. The molecule has 0 aromatic rings. The highest BCUT2D eigenvalue weighted by Crippen LogP contribution is 2.29. The Morgan fingerprint density at radius 2 is 2.00 bits per heavy atom. The third-order valence-corrected chi connectivity index (χ3v) is 3.95. The molecule has 3 heteroatoms. The normalized spacial score (nSPS) is 26.7. The zero-order valence-electron chi connectivity index (χ0n) is 11.2. The van der Waals surface area contributed by atoms with Gasteiger partial charge in [-0.15, -0.1) is 0 Å². The minimum absolute atomic E-state index is 0.345. The Balaban J connectivity index is 2.15. The minimum atomic E-state index is -0.705. The summed E-state index contributed by atoms with van der Waals surface area (Å²) >= 11 is 0. The summed E-state index contributed by atoms with van der Waals surface area (Å²) in [6.07, 6.45) is 8.15. The highest BCUT2D eigenvalue weighted by Gasteiger charge is 2.19. The predicted molar refractivity (Wildman–Crippen MR) is 70.1 cm³/mol. The second kappa shape index (κ2) is 7.70. The first-order chi connectivity index (χ1) is 8.13. The molecule has 1 aliphatic rings. The molecule has 0 amide bonds. The van der Waals surface area contributed by atoms with Crippen LogP contribution in [0.2, 0.25) is 0 Å². The van der Waals surface area contributed by atoms with E-state index in [0.29, 0.717) is 0 Å². The van der Waals surface area contributed by atoms with E-state index in [1.54, 1.807) is 0 Å². The number of rotatable bonds is 7. The van der Waals surface area contributed by atoms with Gasteiger partial charge in [0.15, 0.2) is 0 Å². The number of carboxylic acid groups (broad SMARTS) is 1. The first-order valence-corrected chi connectivity index (χ1v) is 7.09. The van der Waals surface area contributed by atoms with Crippen LogP contribution in [-0.2, 0) is 4.79 Å². The SMILES string of the molecule is CCCC(NCCC1CCC(C)CC1)C(=O)O. The van der Waals surface area contributed by atoms with Crippen molar-refractivity contribution in [3.05, 3.63) is 0 Å². The lowest BCUT2D eigenvalue weighted by Gasteiger charge is -2.26. The molecule has 0 spiro atoms. The summed E-state index contributed by atoms with van der Waals surface area (Å²) in [5.41, 5.74) is 0. The van der Waals surface area contributed by atoms with Crippen LogP contribution in [0, 0.1) is 11.8 Å². The quantitative estimate of drug-likeness (QED) is 0.720. The van der Waals surface area contributed by atoms with Gasteiger partial charge in [0.25, 0.3) is 0 Å². The van der Waals surface area contributed by atoms with Gasteiger partial charge in [-0.3, -0.25) is 4.79 Å². The van der Waals surface area contributed by atoms with E-state index in [2.05, 4.69) is 12.2 Å². The van der Waals surface area contributed by atoms with Crippen molar-refractivity contribution in [2.24, 2.45) is 11.8 Å². The van der Waals surface area contributed by atoms with E-state index >= 15 is 0 Å². The molecule has 3 nitrogen and oxygen atoms in total. The molecular weight excluding hydrogens is 214 g/mol. The zero-order chi connectivity index (χ0) is 12.7. The number of aliphatic carboxylic acids is 1. The van der Waals surface area contributed by atoms with Gasteiger partial charge in [-0.2, -0.15) is 0 Å². The van der Waals surface area contributed by atoms with Crippen molar-refractivity contribution in [3.63, 3.8) is 0 Å². The maximum atomic E-state index is 11.0. The second-order valence-corrected chi connectivity index (χ2v) is 5.55. The standard InChI is InChI=1S/C14H27NO2/c1-3-4-13(14(16)17)15-10-9-12-7-5-11(2)6-8-12/h11-13,15H,3-10H2,1-2H3,(H,16,17).